The second kappa shape index (κ2) is 5.49. The van der Waals surface area contributed by atoms with Crippen LogP contribution >= 0.6 is 11.3 Å². The van der Waals surface area contributed by atoms with Gasteiger partial charge in [0.15, 0.2) is 5.38 Å². The number of halogens is 1. The Labute approximate surface area is 98.8 Å². The molecule has 0 radical (unpaired) electrons. The first-order valence-electron chi connectivity index (χ1n) is 4.26. The fourth-order valence-corrected chi connectivity index (χ4v) is 1.97. The van der Waals surface area contributed by atoms with E-state index >= 15 is 0 Å². The summed E-state index contributed by atoms with van der Waals surface area (Å²) in [6, 6.07) is 10.6. The molecule has 0 N–H and O–H groups in total. The molecule has 0 unspecified atom stereocenters. The maximum Gasteiger partial charge on any atom is 0.215 e. The zero-order valence-corrected chi connectivity index (χ0v) is 9.96. The molecule has 1 aromatic heterocycles. The SMILES string of the molecule is Cc1[s+]ccc2ccccc12.[O-][Cl+3]([O-])([O-])[O-]. The molecule has 0 aliphatic heterocycles. The van der Waals surface area contributed by atoms with Gasteiger partial charge in [-0.2, -0.15) is 0 Å². The maximum atomic E-state index is 8.49. The zero-order valence-electron chi connectivity index (χ0n) is 8.38. The van der Waals surface area contributed by atoms with Crippen molar-refractivity contribution in [3.05, 3.63) is 40.6 Å². The first-order valence-corrected chi connectivity index (χ1v) is 6.37. The summed E-state index contributed by atoms with van der Waals surface area (Å²) in [4.78, 5) is 1.39. The van der Waals surface area contributed by atoms with Crippen LogP contribution in [0.25, 0.3) is 10.8 Å². The van der Waals surface area contributed by atoms with Crippen molar-refractivity contribution < 1.29 is 28.9 Å². The van der Waals surface area contributed by atoms with Crippen molar-refractivity contribution in [2.75, 3.05) is 0 Å². The number of hydrogen-bond donors (Lipinski definition) is 0. The van der Waals surface area contributed by atoms with E-state index in [-0.39, 0.29) is 0 Å². The highest BCUT2D eigenvalue weighted by Crippen LogP contribution is 2.20. The van der Waals surface area contributed by atoms with Crippen molar-refractivity contribution in [2.45, 2.75) is 6.92 Å². The van der Waals surface area contributed by atoms with Gasteiger partial charge in [0.1, 0.15) is 0 Å². The molecule has 4 nitrogen and oxygen atoms in total. The summed E-state index contributed by atoms with van der Waals surface area (Å²) in [7, 11) is -4.94. The third kappa shape index (κ3) is 4.80. The second-order valence-electron chi connectivity index (χ2n) is 2.94. The third-order valence-electron chi connectivity index (χ3n) is 1.83. The van der Waals surface area contributed by atoms with Gasteiger partial charge in [0.25, 0.3) is 0 Å². The standard InChI is InChI=1S/C10H9S.ClHO4/c1-8-10-5-3-2-4-9(10)6-7-11-8;2-1(3,4)5/h2-7H,1H3;(H,2,3,4,5)/q+1;/p-1. The molecule has 0 fully saturated rings. The topological polar surface area (TPSA) is 92.2 Å². The predicted molar refractivity (Wildman–Crippen MR) is 51.0 cm³/mol. The first-order chi connectivity index (χ1) is 7.38. The summed E-state index contributed by atoms with van der Waals surface area (Å²) >= 11 is 1.80. The lowest BCUT2D eigenvalue weighted by Crippen LogP contribution is -2.68. The fraction of sp³-hybridized carbons (Fsp3) is 0.100. The van der Waals surface area contributed by atoms with Gasteiger partial charge in [0.05, 0.1) is 0 Å². The number of hydrogen-bond acceptors (Lipinski definition) is 4. The fourth-order valence-electron chi connectivity index (χ4n) is 1.24. The van der Waals surface area contributed by atoms with Crippen LogP contribution in [0.3, 0.4) is 0 Å². The van der Waals surface area contributed by atoms with Gasteiger partial charge in [-0.3, -0.25) is 0 Å². The quantitative estimate of drug-likeness (QED) is 0.553. The van der Waals surface area contributed by atoms with Crippen LogP contribution in [0.15, 0.2) is 35.7 Å². The molecule has 0 spiro atoms. The molecule has 0 aliphatic carbocycles. The van der Waals surface area contributed by atoms with Gasteiger partial charge in [0.2, 0.25) is 16.2 Å². The van der Waals surface area contributed by atoms with E-state index in [4.69, 9.17) is 18.6 Å². The first kappa shape index (κ1) is 13.2. The van der Waals surface area contributed by atoms with Crippen LogP contribution in [0.1, 0.15) is 4.88 Å². The Hall–Kier alpha value is -0.820. The van der Waals surface area contributed by atoms with Gasteiger partial charge in [-0.15, -0.1) is 10.2 Å². The monoisotopic (exact) mass is 260 g/mol. The molecule has 2 rings (SSSR count). The summed E-state index contributed by atoms with van der Waals surface area (Å²) in [6.45, 7) is 2.16. The highest BCUT2D eigenvalue weighted by Gasteiger charge is 2.03. The average Bonchev–Trinajstić information content (AvgIpc) is 2.16. The van der Waals surface area contributed by atoms with Crippen LogP contribution in [0.5, 0.6) is 0 Å². The van der Waals surface area contributed by atoms with Crippen LogP contribution < -0.4 is 18.6 Å². The summed E-state index contributed by atoms with van der Waals surface area (Å²) in [5.74, 6) is 0. The van der Waals surface area contributed by atoms with Crippen molar-refractivity contribution in [1.29, 1.82) is 0 Å². The van der Waals surface area contributed by atoms with Crippen LogP contribution in [0.4, 0.5) is 0 Å². The van der Waals surface area contributed by atoms with E-state index in [2.05, 4.69) is 42.6 Å². The third-order valence-corrected chi connectivity index (χ3v) is 2.68. The molecule has 86 valence electrons. The number of aryl methyl sites for hydroxylation is 1. The van der Waals surface area contributed by atoms with Crippen LogP contribution in [-0.2, 0) is 0 Å². The number of benzene rings is 1. The molecular weight excluding hydrogens is 252 g/mol. The minimum Gasteiger partial charge on any atom is -0.222 e. The molecule has 6 heteroatoms. The van der Waals surface area contributed by atoms with Gasteiger partial charge in [-0.05, 0) is 11.5 Å². The minimum atomic E-state index is -4.94. The van der Waals surface area contributed by atoms with Crippen molar-refractivity contribution in [2.24, 2.45) is 0 Å². The Morgan fingerprint density at radius 3 is 2.12 bits per heavy atom. The Kier molecular flexibility index (Phi) is 4.55. The van der Waals surface area contributed by atoms with Gasteiger partial charge in [-0.25, -0.2) is 18.6 Å². The highest BCUT2D eigenvalue weighted by molar-refractivity contribution is 7.10. The normalized spacial score (nSPS) is 10.8. The van der Waals surface area contributed by atoms with E-state index in [0.717, 1.165) is 0 Å². The molecule has 0 saturated heterocycles. The van der Waals surface area contributed by atoms with Crippen molar-refractivity contribution >= 4 is 22.1 Å². The lowest BCUT2D eigenvalue weighted by atomic mass is 10.2. The van der Waals surface area contributed by atoms with Crippen molar-refractivity contribution in [3.63, 3.8) is 0 Å². The average molecular weight is 261 g/mol. The van der Waals surface area contributed by atoms with Gasteiger partial charge in [-0.1, -0.05) is 18.2 Å². The van der Waals surface area contributed by atoms with Crippen molar-refractivity contribution in [1.82, 2.24) is 0 Å². The Morgan fingerprint density at radius 2 is 1.56 bits per heavy atom. The lowest BCUT2D eigenvalue weighted by Gasteiger charge is -2.17. The molecule has 0 amide bonds. The summed E-state index contributed by atoms with van der Waals surface area (Å²) in [5.41, 5.74) is 0. The Bertz CT molecular complexity index is 458. The predicted octanol–water partition coefficient (Wildman–Crippen LogP) is -1.27. The highest BCUT2D eigenvalue weighted by atomic mass is 35.7. The Balaban J connectivity index is 0.000000221. The van der Waals surface area contributed by atoms with Crippen LogP contribution in [0.2, 0.25) is 0 Å². The van der Waals surface area contributed by atoms with E-state index < -0.39 is 10.2 Å². The van der Waals surface area contributed by atoms with Crippen LogP contribution in [-0.4, -0.2) is 0 Å². The van der Waals surface area contributed by atoms with E-state index in [1.807, 2.05) is 0 Å². The van der Waals surface area contributed by atoms with Gasteiger partial charge < -0.3 is 0 Å². The molecule has 1 heterocycles. The summed E-state index contributed by atoms with van der Waals surface area (Å²) in [6.07, 6.45) is 0. The number of fused-ring (bicyclic) bond motifs is 1. The lowest BCUT2D eigenvalue weighted by molar-refractivity contribution is -2.00. The molecule has 0 atom stereocenters. The summed E-state index contributed by atoms with van der Waals surface area (Å²) in [5, 5.41) is 4.85. The van der Waals surface area contributed by atoms with E-state index in [1.54, 1.807) is 11.3 Å². The number of rotatable bonds is 0. The molecular formula is C10H9ClO4S. The van der Waals surface area contributed by atoms with Gasteiger partial charge in [0, 0.05) is 18.4 Å². The van der Waals surface area contributed by atoms with E-state index in [1.165, 1.54) is 15.6 Å². The summed E-state index contributed by atoms with van der Waals surface area (Å²) < 4.78 is 34.0. The van der Waals surface area contributed by atoms with E-state index in [9.17, 15) is 0 Å². The molecule has 2 aromatic rings. The van der Waals surface area contributed by atoms with E-state index in [0.29, 0.717) is 0 Å². The maximum absolute atomic E-state index is 8.49. The van der Waals surface area contributed by atoms with Crippen LogP contribution in [0, 0.1) is 17.2 Å². The molecule has 0 saturated carbocycles. The molecule has 16 heavy (non-hydrogen) atoms. The van der Waals surface area contributed by atoms with Gasteiger partial charge >= 0.3 is 0 Å². The smallest absolute Gasteiger partial charge is 0.215 e. The second-order valence-corrected chi connectivity index (χ2v) is 4.82. The molecule has 0 bridgehead atoms. The minimum absolute atomic E-state index is 1.34. The molecule has 0 aliphatic rings. The largest absolute Gasteiger partial charge is 0.222 e. The Morgan fingerprint density at radius 1 is 1.00 bits per heavy atom. The molecule has 1 aromatic carbocycles. The van der Waals surface area contributed by atoms with Crippen molar-refractivity contribution in [3.8, 4) is 0 Å². The zero-order chi connectivity index (χ0) is 12.2.